The second-order valence-electron chi connectivity index (χ2n) is 15.0. The molecule has 2 aliphatic heterocycles. The van der Waals surface area contributed by atoms with Crippen molar-refractivity contribution in [3.63, 3.8) is 0 Å². The Morgan fingerprint density at radius 2 is 1.40 bits per heavy atom. The van der Waals surface area contributed by atoms with Gasteiger partial charge in [-0.3, -0.25) is 4.79 Å². The Morgan fingerprint density at radius 3 is 2.07 bits per heavy atom. The number of rotatable bonds is 9. The number of phenolic OH excluding ortho intramolecular Hbond substituents is 6. The molecule has 55 heavy (non-hydrogen) atoms. The number of phenols is 6. The molecule has 4 aromatic carbocycles. The van der Waals surface area contributed by atoms with E-state index >= 15 is 4.79 Å². The van der Waals surface area contributed by atoms with Crippen LogP contribution in [0.4, 0.5) is 0 Å². The highest BCUT2D eigenvalue weighted by Crippen LogP contribution is 2.56. The lowest BCUT2D eigenvalue weighted by Gasteiger charge is -2.28. The van der Waals surface area contributed by atoms with Crippen LogP contribution in [-0.4, -0.2) is 43.0 Å². The molecule has 0 radical (unpaired) electrons. The van der Waals surface area contributed by atoms with Crippen LogP contribution in [0.15, 0.2) is 81.8 Å². The number of carbonyl (C=O) groups excluding carboxylic acids is 1. The Bertz CT molecular complexity index is 2480. The molecule has 3 heterocycles. The number of hydrogen-bond donors (Lipinski definition) is 6. The second kappa shape index (κ2) is 14.2. The summed E-state index contributed by atoms with van der Waals surface area (Å²) in [5, 5.41) is 66.1. The summed E-state index contributed by atoms with van der Waals surface area (Å²) in [6, 6.07) is 10.2. The zero-order valence-corrected chi connectivity index (χ0v) is 31.6. The van der Waals surface area contributed by atoms with Crippen molar-refractivity contribution >= 4 is 16.8 Å². The predicted octanol–water partition coefficient (Wildman–Crippen LogP) is 9.70. The van der Waals surface area contributed by atoms with Gasteiger partial charge in [0.1, 0.15) is 51.9 Å². The summed E-state index contributed by atoms with van der Waals surface area (Å²) in [5.74, 6) is -1.87. The van der Waals surface area contributed by atoms with Crippen LogP contribution in [0.3, 0.4) is 0 Å². The Balaban J connectivity index is 1.44. The monoisotopic (exact) mass is 744 g/mol. The molecule has 0 bridgehead atoms. The zero-order chi connectivity index (χ0) is 39.5. The number of allylic oxidation sites excluding steroid dienone is 6. The smallest absolute Gasteiger partial charge is 0.201 e. The first kappa shape index (κ1) is 37.0. The van der Waals surface area contributed by atoms with E-state index in [2.05, 4.69) is 0 Å². The van der Waals surface area contributed by atoms with Gasteiger partial charge in [0.15, 0.2) is 11.5 Å². The summed E-state index contributed by atoms with van der Waals surface area (Å²) in [6.45, 7) is 11.8. The summed E-state index contributed by atoms with van der Waals surface area (Å²) in [7, 11) is 0. The lowest BCUT2D eigenvalue weighted by atomic mass is 9.85. The maximum Gasteiger partial charge on any atom is 0.201 e. The van der Waals surface area contributed by atoms with Gasteiger partial charge in [-0.2, -0.15) is 0 Å². The molecule has 0 spiro atoms. The van der Waals surface area contributed by atoms with Crippen LogP contribution < -0.4 is 9.47 Å². The molecular formula is C45H44O10. The Labute approximate surface area is 318 Å². The van der Waals surface area contributed by atoms with Gasteiger partial charge in [0.05, 0.1) is 29.2 Å². The summed E-state index contributed by atoms with van der Waals surface area (Å²) in [6.07, 6.45) is 6.18. The van der Waals surface area contributed by atoms with E-state index in [1.807, 2.05) is 65.8 Å². The molecule has 284 valence electrons. The van der Waals surface area contributed by atoms with Gasteiger partial charge in [-0.25, -0.2) is 0 Å². The van der Waals surface area contributed by atoms with Crippen molar-refractivity contribution in [2.45, 2.75) is 72.8 Å². The molecule has 2 aliphatic rings. The van der Waals surface area contributed by atoms with Crippen LogP contribution >= 0.6 is 0 Å². The molecular weight excluding hydrogens is 700 g/mol. The fourth-order valence-corrected chi connectivity index (χ4v) is 7.31. The van der Waals surface area contributed by atoms with E-state index in [1.54, 1.807) is 12.1 Å². The summed E-state index contributed by atoms with van der Waals surface area (Å²) < 4.78 is 19.2. The number of carbonyl (C=O) groups is 1. The summed E-state index contributed by atoms with van der Waals surface area (Å²) in [4.78, 5) is 15.1. The average molecular weight is 745 g/mol. The second-order valence-corrected chi connectivity index (χ2v) is 15.0. The maximum atomic E-state index is 15.1. The minimum Gasteiger partial charge on any atom is -0.508 e. The van der Waals surface area contributed by atoms with E-state index in [4.69, 9.17) is 13.9 Å². The average Bonchev–Trinajstić information content (AvgIpc) is 3.68. The number of ether oxygens (including phenoxy) is 2. The molecule has 10 heteroatoms. The lowest BCUT2D eigenvalue weighted by molar-refractivity contribution is 0.103. The highest BCUT2D eigenvalue weighted by molar-refractivity contribution is 6.21. The Morgan fingerprint density at radius 1 is 0.727 bits per heavy atom. The molecule has 5 aromatic rings. The van der Waals surface area contributed by atoms with E-state index in [0.717, 1.165) is 28.3 Å². The van der Waals surface area contributed by atoms with Crippen molar-refractivity contribution in [2.24, 2.45) is 0 Å². The van der Waals surface area contributed by atoms with Crippen LogP contribution in [0.1, 0.15) is 97.3 Å². The molecule has 0 fully saturated rings. The Hall–Kier alpha value is -6.29. The zero-order valence-electron chi connectivity index (χ0n) is 31.6. The highest BCUT2D eigenvalue weighted by atomic mass is 16.5. The Kier molecular flexibility index (Phi) is 9.54. The van der Waals surface area contributed by atoms with Crippen LogP contribution in [0.5, 0.6) is 46.0 Å². The largest absolute Gasteiger partial charge is 0.508 e. The van der Waals surface area contributed by atoms with Crippen LogP contribution in [0, 0.1) is 0 Å². The topological polar surface area (TPSA) is 170 Å². The van der Waals surface area contributed by atoms with Gasteiger partial charge < -0.3 is 44.5 Å². The van der Waals surface area contributed by atoms with Crippen LogP contribution in [-0.2, 0) is 19.3 Å². The van der Waals surface area contributed by atoms with E-state index in [1.165, 1.54) is 18.2 Å². The van der Waals surface area contributed by atoms with Gasteiger partial charge in [0, 0.05) is 39.8 Å². The minimum absolute atomic E-state index is 0.0680. The van der Waals surface area contributed by atoms with Crippen molar-refractivity contribution in [1.82, 2.24) is 0 Å². The standard InChI is InChI=1S/C45H44O10/c1-21(2)7-10-24-15-30-37(19-34(24)47)53-20-33-29-17-32(39(50)27(12-8-22(3)4)42(29)54-44(30)33)41(52)38-31-18-36(49)40(51)28(13-9-23(5)6)43(31)55-45(38)26-14-11-25(46)16-35(26)48/h7-9,11,14-19,33,44,46-51H,10,12-13,20H2,1-6H3. The molecule has 2 atom stereocenters. The molecule has 7 rings (SSSR count). The summed E-state index contributed by atoms with van der Waals surface area (Å²) in [5.41, 5.74) is 5.80. The van der Waals surface area contributed by atoms with Gasteiger partial charge in [0.2, 0.25) is 5.78 Å². The number of fused-ring (bicyclic) bond motifs is 6. The molecule has 6 N–H and O–H groups in total. The highest BCUT2D eigenvalue weighted by Gasteiger charge is 2.44. The van der Waals surface area contributed by atoms with Crippen molar-refractivity contribution < 1.29 is 49.3 Å². The molecule has 0 saturated heterocycles. The lowest BCUT2D eigenvalue weighted by Crippen LogP contribution is -2.23. The first-order valence-electron chi connectivity index (χ1n) is 18.2. The van der Waals surface area contributed by atoms with Gasteiger partial charge in [-0.1, -0.05) is 34.9 Å². The normalized spacial score (nSPS) is 15.3. The fraction of sp³-hybridized carbons (Fsp3) is 0.267. The summed E-state index contributed by atoms with van der Waals surface area (Å²) >= 11 is 0. The van der Waals surface area contributed by atoms with E-state index in [9.17, 15) is 30.6 Å². The maximum absolute atomic E-state index is 15.1. The predicted molar refractivity (Wildman–Crippen MR) is 209 cm³/mol. The van der Waals surface area contributed by atoms with Crippen molar-refractivity contribution in [3.8, 4) is 57.3 Å². The minimum atomic E-state index is -0.673. The van der Waals surface area contributed by atoms with Gasteiger partial charge in [-0.05, 0) is 96.7 Å². The molecule has 1 aromatic heterocycles. The number of furan rings is 1. The van der Waals surface area contributed by atoms with Crippen LogP contribution in [0.25, 0.3) is 22.3 Å². The first-order valence-corrected chi connectivity index (χ1v) is 18.2. The quantitative estimate of drug-likeness (QED) is 0.0485. The molecule has 2 unspecified atom stereocenters. The van der Waals surface area contributed by atoms with Crippen molar-refractivity contribution in [1.29, 1.82) is 0 Å². The van der Waals surface area contributed by atoms with E-state index in [0.29, 0.717) is 34.6 Å². The number of ketones is 1. The van der Waals surface area contributed by atoms with Crippen LogP contribution in [0.2, 0.25) is 0 Å². The fourth-order valence-electron chi connectivity index (χ4n) is 7.31. The SMILES string of the molecule is CC(C)=CCc1cc2c(cc1O)OCC1c3cc(C(=O)c4c(-c5ccc(O)cc5O)oc5c(CC=C(C)C)c(O)c(O)cc45)c(O)c(CC=C(C)C)c3OC21. The molecule has 0 saturated carbocycles. The molecule has 0 aliphatic carbocycles. The molecule has 10 nitrogen and oxygen atoms in total. The van der Waals surface area contributed by atoms with Crippen molar-refractivity contribution in [2.75, 3.05) is 6.61 Å². The third-order valence-corrected chi connectivity index (χ3v) is 10.2. The van der Waals surface area contributed by atoms with Gasteiger partial charge in [0.25, 0.3) is 0 Å². The number of benzene rings is 4. The van der Waals surface area contributed by atoms with Crippen molar-refractivity contribution in [3.05, 3.63) is 116 Å². The third-order valence-electron chi connectivity index (χ3n) is 10.2. The number of aromatic hydroxyl groups is 6. The van der Waals surface area contributed by atoms with E-state index in [-0.39, 0.29) is 87.3 Å². The van der Waals surface area contributed by atoms with Gasteiger partial charge >= 0.3 is 0 Å². The third kappa shape index (κ3) is 6.62. The first-order chi connectivity index (χ1) is 26.1. The molecule has 0 amide bonds. The van der Waals surface area contributed by atoms with Gasteiger partial charge in [-0.15, -0.1) is 0 Å². The number of hydrogen-bond acceptors (Lipinski definition) is 10. The van der Waals surface area contributed by atoms with E-state index < -0.39 is 23.4 Å².